The molecule has 3 heteroatoms. The lowest BCUT2D eigenvalue weighted by molar-refractivity contribution is 0.762. The van der Waals surface area contributed by atoms with Crippen LogP contribution in [0.5, 0.6) is 0 Å². The number of hydrogen-bond donors (Lipinski definition) is 2. The standard InChI is InChI=1S/C54H43N3/c1-4-5-8-17-36(2)42-22-15-26-48-53(42)57-50-27-14-13-24-46(50)54(48)45-33-32-41(39-30-28-38(29-31-39)37-18-9-6-10-19-37)34-44(45)52-43(23-16-25-47(52)54)49(55)35-51(56-3)40-20-11-7-12-21-40/h4-28,30,32-35,55,57H,1,3,29,31H2,2H3/b8-5-,36-17+,51-35-,55-49?. The third-order valence-electron chi connectivity index (χ3n) is 11.7. The first-order valence-electron chi connectivity index (χ1n) is 19.6. The molecule has 3 nitrogen and oxygen atoms in total. The van der Waals surface area contributed by atoms with E-state index in [-0.39, 0.29) is 0 Å². The number of anilines is 2. The molecule has 1 atom stereocenters. The molecule has 2 N–H and O–H groups in total. The SMILES string of the molecule is C=C/C=C\C=C(/C)c1cccc2c1Nc1ccccc1C21c2ccc(C3=CC=C(c4ccccc4)CC3)cc2-c2c(C(=N)/C=C(\N=C)c3ccccc3)cccc21. The summed E-state index contributed by atoms with van der Waals surface area (Å²) in [6, 6.07) is 49.6. The summed E-state index contributed by atoms with van der Waals surface area (Å²) in [4.78, 5) is 4.39. The lowest BCUT2D eigenvalue weighted by atomic mass is 9.64. The molecule has 6 aromatic carbocycles. The van der Waals surface area contributed by atoms with E-state index in [4.69, 9.17) is 0 Å². The van der Waals surface area contributed by atoms with Gasteiger partial charge < -0.3 is 10.7 Å². The second kappa shape index (κ2) is 14.9. The summed E-state index contributed by atoms with van der Waals surface area (Å²) in [5.74, 6) is 0. The van der Waals surface area contributed by atoms with Gasteiger partial charge in [0, 0.05) is 22.4 Å². The number of fused-ring (bicyclic) bond motifs is 9. The van der Waals surface area contributed by atoms with Crippen molar-refractivity contribution < 1.29 is 0 Å². The van der Waals surface area contributed by atoms with Crippen molar-refractivity contribution in [3.63, 3.8) is 0 Å². The molecule has 6 aromatic rings. The van der Waals surface area contributed by atoms with Crippen LogP contribution >= 0.6 is 0 Å². The van der Waals surface area contributed by atoms with E-state index in [1.807, 2.05) is 48.6 Å². The molecule has 0 aromatic heterocycles. The van der Waals surface area contributed by atoms with Crippen LogP contribution in [0.4, 0.5) is 11.4 Å². The van der Waals surface area contributed by atoms with Crippen LogP contribution in [0.2, 0.25) is 0 Å². The maximum absolute atomic E-state index is 9.72. The highest BCUT2D eigenvalue weighted by Gasteiger charge is 2.51. The third kappa shape index (κ3) is 6.00. The van der Waals surface area contributed by atoms with Crippen LogP contribution in [0.3, 0.4) is 0 Å². The van der Waals surface area contributed by atoms with Gasteiger partial charge in [-0.2, -0.15) is 0 Å². The van der Waals surface area contributed by atoms with Crippen molar-refractivity contribution >= 4 is 46.2 Å². The highest BCUT2D eigenvalue weighted by molar-refractivity contribution is 6.16. The molecule has 1 unspecified atom stereocenters. The van der Waals surface area contributed by atoms with E-state index in [0.29, 0.717) is 11.4 Å². The predicted molar refractivity (Wildman–Crippen MR) is 242 cm³/mol. The number of para-hydroxylation sites is 2. The summed E-state index contributed by atoms with van der Waals surface area (Å²) >= 11 is 0. The zero-order valence-corrected chi connectivity index (χ0v) is 32.1. The van der Waals surface area contributed by atoms with Crippen molar-refractivity contribution in [3.05, 3.63) is 239 Å². The van der Waals surface area contributed by atoms with Crippen LogP contribution in [-0.4, -0.2) is 12.4 Å². The third-order valence-corrected chi connectivity index (χ3v) is 11.7. The van der Waals surface area contributed by atoms with Crippen molar-refractivity contribution in [3.8, 4) is 11.1 Å². The minimum absolute atomic E-state index is 0.391. The first-order chi connectivity index (χ1) is 28.0. The Hall–Kier alpha value is -7.10. The number of nitrogens with one attached hydrogen (secondary N) is 2. The molecular weight excluding hydrogens is 691 g/mol. The van der Waals surface area contributed by atoms with Gasteiger partial charge in [0.1, 0.15) is 0 Å². The van der Waals surface area contributed by atoms with E-state index in [9.17, 15) is 5.41 Å². The summed E-state index contributed by atoms with van der Waals surface area (Å²) in [6.45, 7) is 9.93. The number of benzene rings is 6. The summed E-state index contributed by atoms with van der Waals surface area (Å²) in [5, 5.41) is 13.6. The molecule has 1 aliphatic heterocycles. The molecule has 274 valence electrons. The molecule has 0 saturated heterocycles. The van der Waals surface area contributed by atoms with Gasteiger partial charge in [0.25, 0.3) is 0 Å². The van der Waals surface area contributed by atoms with Crippen molar-refractivity contribution in [1.82, 2.24) is 0 Å². The number of hydrogen-bond acceptors (Lipinski definition) is 3. The normalized spacial score (nSPS) is 16.8. The first-order valence-corrected chi connectivity index (χ1v) is 19.6. The van der Waals surface area contributed by atoms with Gasteiger partial charge in [-0.05, 0) is 106 Å². The Balaban J connectivity index is 1.30. The monoisotopic (exact) mass is 733 g/mol. The Morgan fingerprint density at radius 1 is 0.684 bits per heavy atom. The zero-order chi connectivity index (χ0) is 38.9. The summed E-state index contributed by atoms with van der Waals surface area (Å²) in [7, 11) is 0. The van der Waals surface area contributed by atoms with Crippen molar-refractivity contribution in [2.45, 2.75) is 25.2 Å². The fourth-order valence-corrected chi connectivity index (χ4v) is 9.09. The second-order valence-electron chi connectivity index (χ2n) is 14.8. The van der Waals surface area contributed by atoms with Crippen LogP contribution in [0.25, 0.3) is 33.5 Å². The lowest BCUT2D eigenvalue weighted by Crippen LogP contribution is -2.33. The van der Waals surface area contributed by atoms with E-state index in [1.165, 1.54) is 44.5 Å². The fraction of sp³-hybridized carbons (Fsp3) is 0.0741. The van der Waals surface area contributed by atoms with Gasteiger partial charge in [0.05, 0.1) is 22.5 Å². The molecule has 3 aliphatic rings. The molecule has 0 amide bonds. The molecular formula is C54H43N3. The molecule has 1 spiro atoms. The number of aliphatic imine (C=N–C) groups is 1. The summed E-state index contributed by atoms with van der Waals surface area (Å²) in [5.41, 5.74) is 18.8. The van der Waals surface area contributed by atoms with Crippen LogP contribution < -0.4 is 5.32 Å². The van der Waals surface area contributed by atoms with E-state index in [1.54, 1.807) is 6.08 Å². The number of nitrogens with zero attached hydrogens (tertiary/aromatic N) is 1. The minimum atomic E-state index is -0.645. The molecule has 0 radical (unpaired) electrons. The Labute approximate surface area is 335 Å². The highest BCUT2D eigenvalue weighted by Crippen LogP contribution is 2.62. The quantitative estimate of drug-likeness (QED) is 0.113. The topological polar surface area (TPSA) is 48.2 Å². The van der Waals surface area contributed by atoms with E-state index >= 15 is 0 Å². The van der Waals surface area contributed by atoms with E-state index in [0.717, 1.165) is 57.6 Å². The molecule has 0 bridgehead atoms. The predicted octanol–water partition coefficient (Wildman–Crippen LogP) is 13.6. The van der Waals surface area contributed by atoms with Gasteiger partial charge in [-0.15, -0.1) is 0 Å². The van der Waals surface area contributed by atoms with Gasteiger partial charge >= 0.3 is 0 Å². The summed E-state index contributed by atoms with van der Waals surface area (Å²) < 4.78 is 0. The van der Waals surface area contributed by atoms with Gasteiger partial charge in [-0.1, -0.05) is 170 Å². The first kappa shape index (κ1) is 35.6. The van der Waals surface area contributed by atoms with Gasteiger partial charge in [0.15, 0.2) is 0 Å². The molecule has 1 heterocycles. The van der Waals surface area contributed by atoms with Crippen molar-refractivity contribution in [2.75, 3.05) is 5.32 Å². The van der Waals surface area contributed by atoms with Crippen LogP contribution in [0, 0.1) is 5.41 Å². The van der Waals surface area contributed by atoms with E-state index in [2.05, 4.69) is 158 Å². The van der Waals surface area contributed by atoms with Gasteiger partial charge in [-0.25, -0.2) is 0 Å². The average molecular weight is 734 g/mol. The summed E-state index contributed by atoms with van der Waals surface area (Å²) in [6.07, 6.45) is 16.3. The number of allylic oxidation sites excluding steroid dienone is 10. The minimum Gasteiger partial charge on any atom is -0.354 e. The van der Waals surface area contributed by atoms with Crippen molar-refractivity contribution in [2.24, 2.45) is 4.99 Å². The van der Waals surface area contributed by atoms with Crippen molar-refractivity contribution in [1.29, 1.82) is 5.41 Å². The Kier molecular flexibility index (Phi) is 9.28. The van der Waals surface area contributed by atoms with Crippen LogP contribution in [-0.2, 0) is 5.41 Å². The average Bonchev–Trinajstić information content (AvgIpc) is 3.56. The fourth-order valence-electron chi connectivity index (χ4n) is 9.09. The van der Waals surface area contributed by atoms with Crippen LogP contribution in [0.1, 0.15) is 69.8 Å². The largest absolute Gasteiger partial charge is 0.354 e. The molecule has 9 rings (SSSR count). The molecule has 57 heavy (non-hydrogen) atoms. The Bertz CT molecular complexity index is 2760. The number of rotatable bonds is 9. The highest BCUT2D eigenvalue weighted by atomic mass is 14.9. The Morgan fingerprint density at radius 3 is 2.09 bits per heavy atom. The van der Waals surface area contributed by atoms with Gasteiger partial charge in [-0.3, -0.25) is 4.99 Å². The maximum Gasteiger partial charge on any atom is 0.0754 e. The molecule has 2 aliphatic carbocycles. The zero-order valence-electron chi connectivity index (χ0n) is 32.1. The van der Waals surface area contributed by atoms with Gasteiger partial charge in [0.2, 0.25) is 0 Å². The molecule has 0 saturated carbocycles. The molecule has 0 fully saturated rings. The maximum atomic E-state index is 9.72. The lowest BCUT2D eigenvalue weighted by Gasteiger charge is -2.41. The second-order valence-corrected chi connectivity index (χ2v) is 14.8. The van der Waals surface area contributed by atoms with Crippen LogP contribution in [0.15, 0.2) is 194 Å². The van der Waals surface area contributed by atoms with E-state index < -0.39 is 5.41 Å². The smallest absolute Gasteiger partial charge is 0.0754 e. The Morgan fingerprint density at radius 2 is 1.35 bits per heavy atom.